The highest BCUT2D eigenvalue weighted by atomic mass is 16.5. The fourth-order valence-corrected chi connectivity index (χ4v) is 1.98. The number of aryl methyl sites for hydroxylation is 1. The van der Waals surface area contributed by atoms with Gasteiger partial charge in [-0.1, -0.05) is 0 Å². The minimum absolute atomic E-state index is 0.306. The van der Waals surface area contributed by atoms with Crippen molar-refractivity contribution in [3.63, 3.8) is 0 Å². The van der Waals surface area contributed by atoms with E-state index in [0.717, 1.165) is 22.6 Å². The molecule has 102 valence electrons. The summed E-state index contributed by atoms with van der Waals surface area (Å²) < 4.78 is 10.6. The normalized spacial score (nSPS) is 14.3. The van der Waals surface area contributed by atoms with E-state index in [4.69, 9.17) is 9.47 Å². The molecule has 0 fully saturated rings. The molecular weight excluding hydrogens is 230 g/mol. The van der Waals surface area contributed by atoms with E-state index in [-0.39, 0.29) is 0 Å². The van der Waals surface area contributed by atoms with Crippen LogP contribution in [-0.4, -0.2) is 36.0 Å². The number of pyridine rings is 1. The van der Waals surface area contributed by atoms with Crippen LogP contribution < -0.4 is 4.74 Å². The standard InChI is InChI=1S/C14H23NO3/c1-6-18-9-14(4,16)7-12-11(3)13(17-5)10(2)8-15-12/h8,16H,6-7,9H2,1-5H3. The molecule has 0 aliphatic rings. The number of hydrogen-bond acceptors (Lipinski definition) is 4. The second-order valence-electron chi connectivity index (χ2n) is 4.86. The molecule has 0 radical (unpaired) electrons. The number of aliphatic hydroxyl groups is 1. The number of ether oxygens (including phenoxy) is 2. The Morgan fingerprint density at radius 3 is 2.61 bits per heavy atom. The van der Waals surface area contributed by atoms with Crippen LogP contribution in [-0.2, 0) is 11.2 Å². The van der Waals surface area contributed by atoms with Crippen LogP contribution in [0.25, 0.3) is 0 Å². The van der Waals surface area contributed by atoms with Crippen molar-refractivity contribution in [3.8, 4) is 5.75 Å². The van der Waals surface area contributed by atoms with Crippen LogP contribution in [0.3, 0.4) is 0 Å². The molecular formula is C14H23NO3. The molecule has 4 heteroatoms. The van der Waals surface area contributed by atoms with E-state index in [0.29, 0.717) is 19.6 Å². The summed E-state index contributed by atoms with van der Waals surface area (Å²) in [6, 6.07) is 0. The smallest absolute Gasteiger partial charge is 0.128 e. The topological polar surface area (TPSA) is 51.6 Å². The largest absolute Gasteiger partial charge is 0.496 e. The van der Waals surface area contributed by atoms with Gasteiger partial charge in [0, 0.05) is 36.0 Å². The highest BCUT2D eigenvalue weighted by Crippen LogP contribution is 2.26. The van der Waals surface area contributed by atoms with E-state index in [1.807, 2.05) is 20.8 Å². The lowest BCUT2D eigenvalue weighted by atomic mass is 9.97. The lowest BCUT2D eigenvalue weighted by molar-refractivity contribution is -0.0303. The van der Waals surface area contributed by atoms with Gasteiger partial charge >= 0.3 is 0 Å². The van der Waals surface area contributed by atoms with Crippen LogP contribution in [0.15, 0.2) is 6.20 Å². The molecule has 1 heterocycles. The monoisotopic (exact) mass is 253 g/mol. The summed E-state index contributed by atoms with van der Waals surface area (Å²) in [5.74, 6) is 0.840. The molecule has 18 heavy (non-hydrogen) atoms. The SMILES string of the molecule is CCOCC(C)(O)Cc1ncc(C)c(OC)c1C. The summed E-state index contributed by atoms with van der Waals surface area (Å²) in [6.45, 7) is 8.50. The van der Waals surface area contributed by atoms with Gasteiger partial charge in [-0.15, -0.1) is 0 Å². The summed E-state index contributed by atoms with van der Waals surface area (Å²) in [6.07, 6.45) is 2.23. The molecule has 1 aromatic heterocycles. The van der Waals surface area contributed by atoms with E-state index in [1.165, 1.54) is 0 Å². The number of aromatic nitrogens is 1. The Labute approximate surface area is 109 Å². The summed E-state index contributed by atoms with van der Waals surface area (Å²) in [5, 5.41) is 10.3. The average molecular weight is 253 g/mol. The van der Waals surface area contributed by atoms with E-state index in [1.54, 1.807) is 20.2 Å². The highest BCUT2D eigenvalue weighted by molar-refractivity contribution is 5.41. The van der Waals surface area contributed by atoms with Crippen molar-refractivity contribution in [1.82, 2.24) is 4.98 Å². The lowest BCUT2D eigenvalue weighted by Gasteiger charge is -2.24. The van der Waals surface area contributed by atoms with Gasteiger partial charge in [0.25, 0.3) is 0 Å². The maximum Gasteiger partial charge on any atom is 0.128 e. The molecule has 0 bridgehead atoms. The van der Waals surface area contributed by atoms with Crippen LogP contribution in [0.1, 0.15) is 30.7 Å². The van der Waals surface area contributed by atoms with Gasteiger partial charge in [-0.3, -0.25) is 4.98 Å². The first kappa shape index (κ1) is 14.9. The van der Waals surface area contributed by atoms with Gasteiger partial charge < -0.3 is 14.6 Å². The van der Waals surface area contributed by atoms with Crippen LogP contribution in [0.5, 0.6) is 5.75 Å². The summed E-state index contributed by atoms with van der Waals surface area (Å²) in [4.78, 5) is 4.38. The maximum atomic E-state index is 10.3. The van der Waals surface area contributed by atoms with E-state index >= 15 is 0 Å². The Morgan fingerprint density at radius 1 is 1.39 bits per heavy atom. The lowest BCUT2D eigenvalue weighted by Crippen LogP contribution is -2.34. The van der Waals surface area contributed by atoms with Gasteiger partial charge in [0.15, 0.2) is 0 Å². The Kier molecular flexibility index (Phi) is 5.11. The molecule has 1 unspecified atom stereocenters. The Hall–Kier alpha value is -1.13. The van der Waals surface area contributed by atoms with Gasteiger partial charge in [-0.05, 0) is 27.7 Å². The molecule has 0 aliphatic heterocycles. The van der Waals surface area contributed by atoms with Crippen LogP contribution in [0.2, 0.25) is 0 Å². The van der Waals surface area contributed by atoms with Crippen molar-refractivity contribution in [1.29, 1.82) is 0 Å². The second-order valence-corrected chi connectivity index (χ2v) is 4.86. The van der Waals surface area contributed by atoms with Crippen molar-refractivity contribution in [2.45, 2.75) is 39.7 Å². The number of hydrogen-bond donors (Lipinski definition) is 1. The van der Waals surface area contributed by atoms with Gasteiger partial charge in [-0.25, -0.2) is 0 Å². The van der Waals surface area contributed by atoms with Crippen molar-refractivity contribution < 1.29 is 14.6 Å². The van der Waals surface area contributed by atoms with E-state index in [2.05, 4.69) is 4.98 Å². The van der Waals surface area contributed by atoms with Crippen molar-refractivity contribution in [2.24, 2.45) is 0 Å². The molecule has 0 aromatic carbocycles. The molecule has 1 N–H and O–H groups in total. The Bertz CT molecular complexity index is 402. The zero-order chi connectivity index (χ0) is 13.8. The van der Waals surface area contributed by atoms with Crippen LogP contribution in [0, 0.1) is 13.8 Å². The Balaban J connectivity index is 2.91. The molecule has 1 rings (SSSR count). The Morgan fingerprint density at radius 2 is 2.06 bits per heavy atom. The average Bonchev–Trinajstić information content (AvgIpc) is 2.31. The third-order valence-corrected chi connectivity index (χ3v) is 2.92. The molecule has 0 spiro atoms. The zero-order valence-corrected chi connectivity index (χ0v) is 11.9. The molecule has 0 amide bonds. The van der Waals surface area contributed by atoms with Crippen LogP contribution >= 0.6 is 0 Å². The number of methoxy groups -OCH3 is 1. The quantitative estimate of drug-likeness (QED) is 0.843. The fraction of sp³-hybridized carbons (Fsp3) is 0.643. The maximum absolute atomic E-state index is 10.3. The minimum atomic E-state index is -0.909. The minimum Gasteiger partial charge on any atom is -0.496 e. The van der Waals surface area contributed by atoms with E-state index in [9.17, 15) is 5.11 Å². The predicted octanol–water partition coefficient (Wildman–Crippen LogP) is 2.04. The molecule has 4 nitrogen and oxygen atoms in total. The van der Waals surface area contributed by atoms with Gasteiger partial charge in [-0.2, -0.15) is 0 Å². The molecule has 0 saturated heterocycles. The predicted molar refractivity (Wildman–Crippen MR) is 71.1 cm³/mol. The first-order valence-corrected chi connectivity index (χ1v) is 6.20. The first-order valence-electron chi connectivity index (χ1n) is 6.20. The molecule has 1 atom stereocenters. The number of rotatable bonds is 6. The summed E-state index contributed by atoms with van der Waals surface area (Å²) in [7, 11) is 1.65. The zero-order valence-electron chi connectivity index (χ0n) is 11.9. The summed E-state index contributed by atoms with van der Waals surface area (Å²) >= 11 is 0. The highest BCUT2D eigenvalue weighted by Gasteiger charge is 2.24. The first-order chi connectivity index (χ1) is 8.41. The van der Waals surface area contributed by atoms with Crippen molar-refractivity contribution in [3.05, 3.63) is 23.0 Å². The third-order valence-electron chi connectivity index (χ3n) is 2.92. The molecule has 0 saturated carbocycles. The third kappa shape index (κ3) is 3.68. The molecule has 1 aromatic rings. The number of nitrogens with zero attached hydrogens (tertiary/aromatic N) is 1. The van der Waals surface area contributed by atoms with Crippen LogP contribution in [0.4, 0.5) is 0 Å². The van der Waals surface area contributed by atoms with Gasteiger partial charge in [0.2, 0.25) is 0 Å². The second kappa shape index (κ2) is 6.16. The fourth-order valence-electron chi connectivity index (χ4n) is 1.98. The van der Waals surface area contributed by atoms with Crippen molar-refractivity contribution >= 4 is 0 Å². The summed E-state index contributed by atoms with van der Waals surface area (Å²) in [5.41, 5.74) is 1.92. The van der Waals surface area contributed by atoms with E-state index < -0.39 is 5.60 Å². The van der Waals surface area contributed by atoms with Crippen molar-refractivity contribution in [2.75, 3.05) is 20.3 Å². The van der Waals surface area contributed by atoms with Gasteiger partial charge in [0.05, 0.1) is 19.3 Å². The molecule has 0 aliphatic carbocycles. The van der Waals surface area contributed by atoms with Gasteiger partial charge in [0.1, 0.15) is 5.75 Å².